The van der Waals surface area contributed by atoms with Crippen molar-refractivity contribution in [3.05, 3.63) is 23.3 Å². The molecule has 4 rings (SSSR count). The third-order valence-electron chi connectivity index (χ3n) is 6.55. The third-order valence-corrected chi connectivity index (χ3v) is 6.55. The summed E-state index contributed by atoms with van der Waals surface area (Å²) in [6.45, 7) is 6.87. The second-order valence-electron chi connectivity index (χ2n) is 7.93. The number of ether oxygens (including phenoxy) is 5. The van der Waals surface area contributed by atoms with Gasteiger partial charge in [-0.3, -0.25) is 0 Å². The van der Waals surface area contributed by atoms with Gasteiger partial charge in [0.1, 0.15) is 0 Å². The van der Waals surface area contributed by atoms with Gasteiger partial charge in [-0.05, 0) is 47.4 Å². The molecule has 2 aliphatic rings. The Bertz CT molecular complexity index is 951. The Hall–Kier alpha value is -2.76. The molecule has 3 unspecified atom stereocenters. The van der Waals surface area contributed by atoms with Crippen molar-refractivity contribution < 1.29 is 28.8 Å². The SMILES string of the molecule is COc1cc2c(c(O)c1OC)-c1c(cc3c(c1OC)OCO3)C(C)C(C)C(C)C2. The number of methoxy groups -OCH3 is 3. The Morgan fingerprint density at radius 1 is 0.931 bits per heavy atom. The number of hydrogen-bond acceptors (Lipinski definition) is 6. The Morgan fingerprint density at radius 2 is 1.66 bits per heavy atom. The molecule has 0 saturated heterocycles. The molecule has 0 aromatic heterocycles. The maximum absolute atomic E-state index is 11.3. The molecule has 0 amide bonds. The summed E-state index contributed by atoms with van der Waals surface area (Å²) >= 11 is 0. The Balaban J connectivity index is 2.14. The lowest BCUT2D eigenvalue weighted by atomic mass is 9.72. The highest BCUT2D eigenvalue weighted by molar-refractivity contribution is 5.88. The highest BCUT2D eigenvalue weighted by Gasteiger charge is 2.36. The van der Waals surface area contributed by atoms with Crippen molar-refractivity contribution in [2.45, 2.75) is 33.1 Å². The largest absolute Gasteiger partial charge is 0.504 e. The Morgan fingerprint density at radius 3 is 2.31 bits per heavy atom. The first-order valence-corrected chi connectivity index (χ1v) is 9.90. The number of aromatic hydroxyl groups is 1. The molecule has 0 fully saturated rings. The molecule has 0 bridgehead atoms. The summed E-state index contributed by atoms with van der Waals surface area (Å²) in [5, 5.41) is 11.3. The molecule has 1 aliphatic carbocycles. The Kier molecular flexibility index (Phi) is 4.89. The molecule has 1 N–H and O–H groups in total. The molecule has 156 valence electrons. The lowest BCUT2D eigenvalue weighted by Gasteiger charge is -2.33. The van der Waals surface area contributed by atoms with Crippen molar-refractivity contribution in [2.75, 3.05) is 28.1 Å². The minimum absolute atomic E-state index is 0.0502. The summed E-state index contributed by atoms with van der Waals surface area (Å²) < 4.78 is 28.2. The van der Waals surface area contributed by atoms with E-state index in [1.54, 1.807) is 14.2 Å². The van der Waals surface area contributed by atoms with E-state index in [-0.39, 0.29) is 18.5 Å². The smallest absolute Gasteiger partial charge is 0.231 e. The van der Waals surface area contributed by atoms with E-state index in [0.717, 1.165) is 23.1 Å². The zero-order chi connectivity index (χ0) is 20.9. The standard InChI is InChI=1S/C23H28O6/c1-11-7-14-8-16(25-4)21(26-5)20(24)18(14)19-15(13(3)12(11)2)9-17-22(23(19)27-6)29-10-28-17/h8-9,11-13,24H,7,10H2,1-6H3. The molecule has 6 heteroatoms. The summed E-state index contributed by atoms with van der Waals surface area (Å²) in [5.74, 6) is 3.72. The zero-order valence-electron chi connectivity index (χ0n) is 17.8. The molecule has 6 nitrogen and oxygen atoms in total. The van der Waals surface area contributed by atoms with Gasteiger partial charge < -0.3 is 28.8 Å². The minimum atomic E-state index is 0.0502. The number of hydrogen-bond donors (Lipinski definition) is 1. The minimum Gasteiger partial charge on any atom is -0.504 e. The van der Waals surface area contributed by atoms with Crippen molar-refractivity contribution >= 4 is 0 Å². The average molecular weight is 400 g/mol. The molecule has 3 atom stereocenters. The van der Waals surface area contributed by atoms with E-state index < -0.39 is 0 Å². The van der Waals surface area contributed by atoms with Crippen LogP contribution >= 0.6 is 0 Å². The maximum atomic E-state index is 11.3. The number of benzene rings is 2. The van der Waals surface area contributed by atoms with Gasteiger partial charge in [0.15, 0.2) is 23.0 Å². The number of fused-ring (bicyclic) bond motifs is 4. The van der Waals surface area contributed by atoms with Crippen molar-refractivity contribution in [2.24, 2.45) is 11.8 Å². The first kappa shape index (κ1) is 19.6. The van der Waals surface area contributed by atoms with E-state index in [2.05, 4.69) is 20.8 Å². The first-order valence-electron chi connectivity index (χ1n) is 9.90. The van der Waals surface area contributed by atoms with Crippen molar-refractivity contribution in [3.8, 4) is 45.6 Å². The van der Waals surface area contributed by atoms with Crippen molar-refractivity contribution in [1.82, 2.24) is 0 Å². The van der Waals surface area contributed by atoms with Gasteiger partial charge in [-0.2, -0.15) is 0 Å². The number of phenols is 1. The summed E-state index contributed by atoms with van der Waals surface area (Å²) in [6, 6.07) is 3.99. The molecule has 0 radical (unpaired) electrons. The summed E-state index contributed by atoms with van der Waals surface area (Å²) in [7, 11) is 4.72. The quantitative estimate of drug-likeness (QED) is 0.802. The van der Waals surface area contributed by atoms with Crippen LogP contribution in [0.3, 0.4) is 0 Å². The highest BCUT2D eigenvalue weighted by atomic mass is 16.7. The van der Waals surface area contributed by atoms with Gasteiger partial charge in [0.2, 0.25) is 18.3 Å². The molecule has 29 heavy (non-hydrogen) atoms. The second-order valence-corrected chi connectivity index (χ2v) is 7.93. The molecule has 2 aromatic rings. The van der Waals surface area contributed by atoms with Crippen LogP contribution in [-0.2, 0) is 6.42 Å². The fourth-order valence-corrected chi connectivity index (χ4v) is 4.62. The summed E-state index contributed by atoms with van der Waals surface area (Å²) in [6.07, 6.45) is 0.797. The molecule has 0 spiro atoms. The fourth-order valence-electron chi connectivity index (χ4n) is 4.62. The van der Waals surface area contributed by atoms with Crippen LogP contribution in [0.15, 0.2) is 12.1 Å². The van der Waals surface area contributed by atoms with Crippen LogP contribution < -0.4 is 23.7 Å². The fraction of sp³-hybridized carbons (Fsp3) is 0.478. The maximum Gasteiger partial charge on any atom is 0.231 e. The van der Waals surface area contributed by atoms with Gasteiger partial charge in [0.25, 0.3) is 0 Å². The van der Waals surface area contributed by atoms with Crippen LogP contribution in [0.5, 0.6) is 34.5 Å². The highest BCUT2D eigenvalue weighted by Crippen LogP contribution is 2.58. The van der Waals surface area contributed by atoms with E-state index in [4.69, 9.17) is 23.7 Å². The van der Waals surface area contributed by atoms with Crippen molar-refractivity contribution in [1.29, 1.82) is 0 Å². The Labute approximate surface area is 171 Å². The van der Waals surface area contributed by atoms with E-state index in [9.17, 15) is 5.11 Å². The van der Waals surface area contributed by atoms with Gasteiger partial charge in [0, 0.05) is 11.1 Å². The summed E-state index contributed by atoms with van der Waals surface area (Å²) in [5.41, 5.74) is 3.59. The van der Waals surface area contributed by atoms with Crippen molar-refractivity contribution in [3.63, 3.8) is 0 Å². The van der Waals surface area contributed by atoms with Crippen LogP contribution in [0.2, 0.25) is 0 Å². The first-order chi connectivity index (χ1) is 13.9. The van der Waals surface area contributed by atoms with E-state index >= 15 is 0 Å². The lowest BCUT2D eigenvalue weighted by Crippen LogP contribution is -2.21. The zero-order valence-corrected chi connectivity index (χ0v) is 17.8. The third kappa shape index (κ3) is 2.84. The van der Waals surface area contributed by atoms with Crippen LogP contribution in [-0.4, -0.2) is 33.2 Å². The molecule has 2 aromatic carbocycles. The second kappa shape index (κ2) is 7.25. The lowest BCUT2D eigenvalue weighted by molar-refractivity contribution is 0.171. The van der Waals surface area contributed by atoms with Gasteiger partial charge >= 0.3 is 0 Å². The predicted molar refractivity (Wildman–Crippen MR) is 110 cm³/mol. The monoisotopic (exact) mass is 400 g/mol. The van der Waals surface area contributed by atoms with Crippen LogP contribution in [0.1, 0.15) is 37.8 Å². The van der Waals surface area contributed by atoms with Crippen LogP contribution in [0, 0.1) is 11.8 Å². The van der Waals surface area contributed by atoms with E-state index in [0.29, 0.717) is 46.1 Å². The number of phenolic OH excluding ortho intramolecular Hbond substituents is 1. The normalized spacial score (nSPS) is 22.2. The van der Waals surface area contributed by atoms with Gasteiger partial charge in [-0.15, -0.1) is 0 Å². The average Bonchev–Trinajstić information content (AvgIpc) is 3.19. The topological polar surface area (TPSA) is 66.4 Å². The molecular formula is C23H28O6. The summed E-state index contributed by atoms with van der Waals surface area (Å²) in [4.78, 5) is 0. The predicted octanol–water partition coefficient (Wildman–Crippen LogP) is 4.75. The number of rotatable bonds is 3. The van der Waals surface area contributed by atoms with Crippen LogP contribution in [0.25, 0.3) is 11.1 Å². The van der Waals surface area contributed by atoms with Gasteiger partial charge in [0.05, 0.1) is 21.3 Å². The van der Waals surface area contributed by atoms with E-state index in [1.165, 1.54) is 7.11 Å². The molecule has 0 saturated carbocycles. The molecule has 1 heterocycles. The van der Waals surface area contributed by atoms with E-state index in [1.807, 2.05) is 12.1 Å². The van der Waals surface area contributed by atoms with Gasteiger partial charge in [-0.1, -0.05) is 20.8 Å². The van der Waals surface area contributed by atoms with Crippen LogP contribution in [0.4, 0.5) is 0 Å². The van der Waals surface area contributed by atoms with Gasteiger partial charge in [-0.25, -0.2) is 0 Å². The molecule has 1 aliphatic heterocycles. The molecular weight excluding hydrogens is 372 g/mol.